The van der Waals surface area contributed by atoms with Crippen LogP contribution < -0.4 is 11.2 Å². The van der Waals surface area contributed by atoms with E-state index in [9.17, 15) is 9.59 Å². The molecule has 8 heteroatoms. The molecule has 0 aliphatic heterocycles. The van der Waals surface area contributed by atoms with Gasteiger partial charge in [-0.3, -0.25) is 13.9 Å². The molecular weight excluding hydrogens is 318 g/mol. The first-order valence-electron chi connectivity index (χ1n) is 6.86. The highest BCUT2D eigenvalue weighted by atomic mass is 35.5. The van der Waals surface area contributed by atoms with Crippen LogP contribution >= 0.6 is 11.6 Å². The average Bonchev–Trinajstić information content (AvgIpc) is 2.90. The molecule has 7 nitrogen and oxygen atoms in total. The second-order valence-corrected chi connectivity index (χ2v) is 5.52. The van der Waals surface area contributed by atoms with Crippen molar-refractivity contribution in [3.8, 4) is 17.2 Å². The SMILES string of the molecule is Cc1nc(-c2cc(=O)n(C)c(=O)n2C)n(-c2ccccc2Cl)n1. The number of aryl methyl sites for hydroxylation is 1. The molecule has 2 aromatic heterocycles. The molecule has 0 unspecified atom stereocenters. The average molecular weight is 332 g/mol. The van der Waals surface area contributed by atoms with E-state index in [0.29, 0.717) is 28.1 Å². The Morgan fingerprint density at radius 2 is 1.78 bits per heavy atom. The molecule has 0 aliphatic rings. The first-order valence-corrected chi connectivity index (χ1v) is 7.24. The van der Waals surface area contributed by atoms with Gasteiger partial charge in [0.05, 0.1) is 16.4 Å². The zero-order chi connectivity index (χ0) is 16.7. The summed E-state index contributed by atoms with van der Waals surface area (Å²) in [6.07, 6.45) is 0. The number of benzene rings is 1. The summed E-state index contributed by atoms with van der Waals surface area (Å²) in [5.41, 5.74) is 0.157. The van der Waals surface area contributed by atoms with Crippen LogP contribution in [0, 0.1) is 6.92 Å². The minimum atomic E-state index is -0.432. The number of rotatable bonds is 2. The van der Waals surface area contributed by atoms with E-state index < -0.39 is 11.2 Å². The third kappa shape index (κ3) is 2.49. The van der Waals surface area contributed by atoms with Gasteiger partial charge in [-0.2, -0.15) is 5.10 Å². The molecule has 0 bridgehead atoms. The van der Waals surface area contributed by atoms with Crippen LogP contribution in [0.25, 0.3) is 17.2 Å². The molecule has 3 rings (SSSR count). The monoisotopic (exact) mass is 331 g/mol. The molecule has 23 heavy (non-hydrogen) atoms. The van der Waals surface area contributed by atoms with Gasteiger partial charge in [-0.05, 0) is 19.1 Å². The third-order valence-corrected chi connectivity index (χ3v) is 3.87. The number of hydrogen-bond acceptors (Lipinski definition) is 4. The maximum Gasteiger partial charge on any atom is 0.331 e. The molecule has 0 N–H and O–H groups in total. The molecule has 3 aromatic rings. The second kappa shape index (κ2) is 5.51. The molecule has 0 atom stereocenters. The van der Waals surface area contributed by atoms with Crippen molar-refractivity contribution in [1.82, 2.24) is 23.9 Å². The molecule has 0 amide bonds. The van der Waals surface area contributed by atoms with Crippen molar-refractivity contribution in [3.05, 3.63) is 62.0 Å². The molecule has 2 heterocycles. The topological polar surface area (TPSA) is 74.7 Å². The lowest BCUT2D eigenvalue weighted by atomic mass is 10.3. The predicted octanol–water partition coefficient (Wildman–Crippen LogP) is 1.29. The lowest BCUT2D eigenvalue weighted by Crippen LogP contribution is -2.37. The second-order valence-electron chi connectivity index (χ2n) is 5.11. The summed E-state index contributed by atoms with van der Waals surface area (Å²) in [5, 5.41) is 4.83. The quantitative estimate of drug-likeness (QED) is 0.709. The van der Waals surface area contributed by atoms with Crippen LogP contribution in [0.5, 0.6) is 0 Å². The van der Waals surface area contributed by atoms with Crippen molar-refractivity contribution in [3.63, 3.8) is 0 Å². The van der Waals surface area contributed by atoms with Crippen LogP contribution in [0.3, 0.4) is 0 Å². The van der Waals surface area contributed by atoms with Crippen LogP contribution in [-0.4, -0.2) is 23.9 Å². The van der Waals surface area contributed by atoms with Crippen LogP contribution in [0.2, 0.25) is 5.02 Å². The van der Waals surface area contributed by atoms with E-state index in [-0.39, 0.29) is 0 Å². The van der Waals surface area contributed by atoms with E-state index in [1.54, 1.807) is 26.1 Å². The number of nitrogens with zero attached hydrogens (tertiary/aromatic N) is 5. The normalized spacial score (nSPS) is 11.0. The van der Waals surface area contributed by atoms with Crippen molar-refractivity contribution in [2.75, 3.05) is 0 Å². The number of aromatic nitrogens is 5. The van der Waals surface area contributed by atoms with Gasteiger partial charge in [0.1, 0.15) is 5.82 Å². The molecule has 0 spiro atoms. The summed E-state index contributed by atoms with van der Waals surface area (Å²) in [6, 6.07) is 8.52. The first kappa shape index (κ1) is 15.2. The summed E-state index contributed by atoms with van der Waals surface area (Å²) in [4.78, 5) is 28.5. The maximum absolute atomic E-state index is 12.1. The van der Waals surface area contributed by atoms with E-state index in [1.165, 1.54) is 22.4 Å². The molecule has 0 radical (unpaired) electrons. The fourth-order valence-corrected chi connectivity index (χ4v) is 2.54. The van der Waals surface area contributed by atoms with Crippen molar-refractivity contribution in [2.24, 2.45) is 14.1 Å². The van der Waals surface area contributed by atoms with Crippen LogP contribution in [0.1, 0.15) is 5.82 Å². The fourth-order valence-electron chi connectivity index (χ4n) is 2.32. The summed E-state index contributed by atoms with van der Waals surface area (Å²) < 4.78 is 3.93. The third-order valence-electron chi connectivity index (χ3n) is 3.55. The zero-order valence-electron chi connectivity index (χ0n) is 12.8. The van der Waals surface area contributed by atoms with Crippen molar-refractivity contribution >= 4 is 11.6 Å². The van der Waals surface area contributed by atoms with Crippen LogP contribution in [0.15, 0.2) is 39.9 Å². The largest absolute Gasteiger partial charge is 0.331 e. The summed E-state index contributed by atoms with van der Waals surface area (Å²) in [6.45, 7) is 1.73. The number of hydrogen-bond donors (Lipinski definition) is 0. The molecule has 1 aromatic carbocycles. The standard InChI is InChI=1S/C15H14ClN5O2/c1-9-17-14(12-8-13(22)20(3)15(23)19(12)2)21(18-9)11-7-5-4-6-10(11)16/h4-8H,1-3H3. The van der Waals surface area contributed by atoms with Gasteiger partial charge in [-0.1, -0.05) is 23.7 Å². The summed E-state index contributed by atoms with van der Waals surface area (Å²) >= 11 is 6.23. The van der Waals surface area contributed by atoms with Gasteiger partial charge in [-0.25, -0.2) is 14.5 Å². The highest BCUT2D eigenvalue weighted by Gasteiger charge is 2.18. The molecular formula is C15H14ClN5O2. The Labute approximate surface area is 136 Å². The lowest BCUT2D eigenvalue weighted by molar-refractivity contribution is 0.686. The van der Waals surface area contributed by atoms with Gasteiger partial charge >= 0.3 is 5.69 Å². The Bertz CT molecular complexity index is 1020. The fraction of sp³-hybridized carbons (Fsp3) is 0.200. The molecule has 0 saturated carbocycles. The van der Waals surface area contributed by atoms with Crippen LogP contribution in [-0.2, 0) is 14.1 Å². The van der Waals surface area contributed by atoms with E-state index >= 15 is 0 Å². The number of halogens is 1. The van der Waals surface area contributed by atoms with Gasteiger partial charge in [0.15, 0.2) is 5.82 Å². The summed E-state index contributed by atoms with van der Waals surface area (Å²) in [7, 11) is 3.01. The maximum atomic E-state index is 12.1. The predicted molar refractivity (Wildman–Crippen MR) is 87.0 cm³/mol. The molecule has 118 valence electrons. The Morgan fingerprint density at radius 3 is 2.48 bits per heavy atom. The van der Waals surface area contributed by atoms with E-state index in [1.807, 2.05) is 12.1 Å². The Hall–Kier alpha value is -2.67. The zero-order valence-corrected chi connectivity index (χ0v) is 13.6. The minimum absolute atomic E-state index is 0.374. The first-order chi connectivity index (χ1) is 10.9. The Morgan fingerprint density at radius 1 is 1.09 bits per heavy atom. The van der Waals surface area contributed by atoms with E-state index in [2.05, 4.69) is 10.1 Å². The van der Waals surface area contributed by atoms with Gasteiger partial charge in [-0.15, -0.1) is 0 Å². The van der Waals surface area contributed by atoms with Gasteiger partial charge < -0.3 is 0 Å². The Kier molecular flexibility index (Phi) is 3.65. The molecule has 0 aliphatic carbocycles. The van der Waals surface area contributed by atoms with Crippen LogP contribution in [0.4, 0.5) is 0 Å². The van der Waals surface area contributed by atoms with E-state index in [0.717, 1.165) is 4.57 Å². The highest BCUT2D eigenvalue weighted by molar-refractivity contribution is 6.32. The van der Waals surface area contributed by atoms with Crippen molar-refractivity contribution in [2.45, 2.75) is 6.92 Å². The minimum Gasteiger partial charge on any atom is -0.293 e. The summed E-state index contributed by atoms with van der Waals surface area (Å²) in [5.74, 6) is 0.890. The highest BCUT2D eigenvalue weighted by Crippen LogP contribution is 2.24. The lowest BCUT2D eigenvalue weighted by Gasteiger charge is -2.11. The van der Waals surface area contributed by atoms with Gasteiger partial charge in [0.25, 0.3) is 5.56 Å². The van der Waals surface area contributed by atoms with E-state index in [4.69, 9.17) is 11.6 Å². The number of para-hydroxylation sites is 1. The molecule has 0 fully saturated rings. The smallest absolute Gasteiger partial charge is 0.293 e. The van der Waals surface area contributed by atoms with Crippen molar-refractivity contribution < 1.29 is 0 Å². The molecule has 0 saturated heterocycles. The van der Waals surface area contributed by atoms with Gasteiger partial charge in [0, 0.05) is 20.2 Å². The Balaban J connectivity index is 2.34. The van der Waals surface area contributed by atoms with Crippen molar-refractivity contribution in [1.29, 1.82) is 0 Å². The van der Waals surface area contributed by atoms with Gasteiger partial charge in [0.2, 0.25) is 0 Å².